The van der Waals surface area contributed by atoms with Crippen LogP contribution in [0.3, 0.4) is 0 Å². The molecule has 0 aliphatic carbocycles. The topological polar surface area (TPSA) is 78.9 Å². The fourth-order valence-electron chi connectivity index (χ4n) is 2.87. The lowest BCUT2D eigenvalue weighted by atomic mass is 9.94. The molecule has 1 fully saturated rings. The molecule has 0 bridgehead atoms. The van der Waals surface area contributed by atoms with E-state index >= 15 is 0 Å². The van der Waals surface area contributed by atoms with E-state index in [1.165, 1.54) is 20.0 Å². The summed E-state index contributed by atoms with van der Waals surface area (Å²) in [5.41, 5.74) is 1.17. The van der Waals surface area contributed by atoms with E-state index < -0.39 is 47.1 Å². The van der Waals surface area contributed by atoms with Crippen molar-refractivity contribution >= 4 is 23.9 Å². The summed E-state index contributed by atoms with van der Waals surface area (Å²) < 4.78 is 54.9. The molecule has 1 aliphatic heterocycles. The van der Waals surface area contributed by atoms with Crippen molar-refractivity contribution in [2.45, 2.75) is 36.2 Å². The number of benzene rings is 2. The van der Waals surface area contributed by atoms with Gasteiger partial charge in [-0.1, -0.05) is 35.9 Å². The Bertz CT molecular complexity index is 919. The van der Waals surface area contributed by atoms with Gasteiger partial charge in [0.1, 0.15) is 14.0 Å². The van der Waals surface area contributed by atoms with Gasteiger partial charge in [0.2, 0.25) is 0 Å². The molecule has 9 heteroatoms. The molecule has 1 saturated heterocycles. The van der Waals surface area contributed by atoms with E-state index in [-0.39, 0.29) is 10.5 Å². The maximum absolute atomic E-state index is 14.5. The number of halogens is 1. The molecule has 0 radical (unpaired) electrons. The average molecular weight is 406 g/mol. The Labute approximate surface area is 164 Å². The highest BCUT2D eigenvalue weighted by Crippen LogP contribution is 2.27. The molecule has 28 heavy (non-hydrogen) atoms. The molecule has 0 saturated carbocycles. The molecular formula is C19H20BFO6S. The summed E-state index contributed by atoms with van der Waals surface area (Å²) in [7, 11) is -2.56. The molecule has 148 valence electrons. The third-order valence-corrected chi connectivity index (χ3v) is 5.76. The van der Waals surface area contributed by atoms with Crippen LogP contribution in [0.1, 0.15) is 15.9 Å². The van der Waals surface area contributed by atoms with Crippen LogP contribution in [-0.4, -0.2) is 53.2 Å². The summed E-state index contributed by atoms with van der Waals surface area (Å²) in [5.74, 6) is -0.711. The molecule has 6 nitrogen and oxygen atoms in total. The molecule has 2 aromatic rings. The quantitative estimate of drug-likeness (QED) is 0.412. The van der Waals surface area contributed by atoms with Gasteiger partial charge in [0.05, 0.1) is 23.1 Å². The monoisotopic (exact) mass is 406 g/mol. The third-order valence-electron chi connectivity index (χ3n) is 4.47. The molecule has 4 atom stereocenters. The summed E-state index contributed by atoms with van der Waals surface area (Å²) in [5, 5.41) is 0. The van der Waals surface area contributed by atoms with Gasteiger partial charge in [-0.25, -0.2) is 9.18 Å². The van der Waals surface area contributed by atoms with E-state index in [2.05, 4.69) is 0 Å². The Balaban J connectivity index is 1.69. The lowest BCUT2D eigenvalue weighted by Crippen LogP contribution is -2.37. The Morgan fingerprint density at radius 3 is 2.43 bits per heavy atom. The minimum atomic E-state index is -4.05. The number of esters is 1. The van der Waals surface area contributed by atoms with Crippen molar-refractivity contribution in [1.29, 1.82) is 0 Å². The maximum atomic E-state index is 14.5. The zero-order chi connectivity index (χ0) is 20.3. The maximum Gasteiger partial charge on any atom is 0.338 e. The fraction of sp³-hybridized carbons (Fsp3) is 0.316. The summed E-state index contributed by atoms with van der Waals surface area (Å²) in [4.78, 5) is 12.2. The highest BCUT2D eigenvalue weighted by Gasteiger charge is 2.46. The minimum absolute atomic E-state index is 0.0150. The number of hydrogen-bond acceptors (Lipinski definition) is 6. The van der Waals surface area contributed by atoms with Gasteiger partial charge in [-0.2, -0.15) is 8.42 Å². The summed E-state index contributed by atoms with van der Waals surface area (Å²) in [6.07, 6.45) is -3.91. The van der Waals surface area contributed by atoms with Gasteiger partial charge in [0.25, 0.3) is 10.1 Å². The van der Waals surface area contributed by atoms with Crippen molar-refractivity contribution in [2.75, 3.05) is 6.61 Å². The molecule has 3 rings (SSSR count). The van der Waals surface area contributed by atoms with E-state index in [0.717, 1.165) is 5.56 Å². The van der Waals surface area contributed by atoms with Crippen LogP contribution < -0.4 is 0 Å². The fourth-order valence-corrected chi connectivity index (χ4v) is 3.79. The van der Waals surface area contributed by atoms with Crippen LogP contribution in [0.2, 0.25) is 0 Å². The molecule has 0 spiro atoms. The highest BCUT2D eigenvalue weighted by atomic mass is 32.2. The smallest absolute Gasteiger partial charge is 0.338 e. The van der Waals surface area contributed by atoms with E-state index in [1.807, 2.05) is 6.92 Å². The van der Waals surface area contributed by atoms with Gasteiger partial charge in [-0.15, -0.1) is 0 Å². The molecule has 0 amide bonds. The second-order valence-corrected chi connectivity index (χ2v) is 8.23. The predicted octanol–water partition coefficient (Wildman–Crippen LogP) is 1.62. The lowest BCUT2D eigenvalue weighted by molar-refractivity contribution is -0.0222. The third kappa shape index (κ3) is 4.60. The van der Waals surface area contributed by atoms with E-state index in [9.17, 15) is 17.6 Å². The van der Waals surface area contributed by atoms with Gasteiger partial charge in [-0.3, -0.25) is 4.18 Å². The summed E-state index contributed by atoms with van der Waals surface area (Å²) in [6, 6.07) is 13.4. The second kappa shape index (κ2) is 8.42. The van der Waals surface area contributed by atoms with Gasteiger partial charge in [0, 0.05) is 0 Å². The number of rotatable bonds is 6. The zero-order valence-corrected chi connectivity index (χ0v) is 16.3. The number of ether oxygens (including phenoxy) is 2. The predicted molar refractivity (Wildman–Crippen MR) is 102 cm³/mol. The molecule has 4 unspecified atom stereocenters. The highest BCUT2D eigenvalue weighted by molar-refractivity contribution is 7.86. The van der Waals surface area contributed by atoms with Crippen molar-refractivity contribution in [2.24, 2.45) is 0 Å². The van der Waals surface area contributed by atoms with Crippen molar-refractivity contribution in [3.8, 4) is 0 Å². The molecule has 1 aliphatic rings. The average Bonchev–Trinajstić information content (AvgIpc) is 2.95. The van der Waals surface area contributed by atoms with Gasteiger partial charge < -0.3 is 9.47 Å². The molecule has 2 aromatic carbocycles. The van der Waals surface area contributed by atoms with Crippen molar-refractivity contribution in [1.82, 2.24) is 0 Å². The van der Waals surface area contributed by atoms with E-state index in [1.54, 1.807) is 42.5 Å². The SMILES string of the molecule is BC1OC(COS(=O)(=O)c2ccc(C)cc2)C(OC(=O)c2ccccc2)C1F. The number of alkyl halides is 1. The first-order valence-corrected chi connectivity index (χ1v) is 10.2. The van der Waals surface area contributed by atoms with Crippen LogP contribution >= 0.6 is 0 Å². The van der Waals surface area contributed by atoms with Crippen LogP contribution in [0.4, 0.5) is 4.39 Å². The Morgan fingerprint density at radius 2 is 1.79 bits per heavy atom. The van der Waals surface area contributed by atoms with E-state index in [0.29, 0.717) is 0 Å². The van der Waals surface area contributed by atoms with Crippen LogP contribution in [0.25, 0.3) is 0 Å². The number of hydrogen-bond donors (Lipinski definition) is 0. The Hall–Kier alpha value is -2.23. The van der Waals surface area contributed by atoms with Crippen molar-refractivity contribution in [3.63, 3.8) is 0 Å². The first-order chi connectivity index (χ1) is 13.3. The van der Waals surface area contributed by atoms with Crippen LogP contribution in [-0.2, 0) is 23.8 Å². The number of aryl methyl sites for hydroxylation is 1. The first-order valence-electron chi connectivity index (χ1n) is 8.79. The Kier molecular flexibility index (Phi) is 6.17. The summed E-state index contributed by atoms with van der Waals surface area (Å²) in [6.45, 7) is 1.37. The Morgan fingerprint density at radius 1 is 1.14 bits per heavy atom. The van der Waals surface area contributed by atoms with Crippen LogP contribution in [0.15, 0.2) is 59.5 Å². The number of carbonyl (C=O) groups is 1. The molecule has 0 aromatic heterocycles. The molecular weight excluding hydrogens is 386 g/mol. The summed E-state index contributed by atoms with van der Waals surface area (Å²) >= 11 is 0. The van der Waals surface area contributed by atoms with Gasteiger partial charge in [-0.05, 0) is 31.2 Å². The molecule has 1 heterocycles. The first kappa shape index (κ1) is 20.5. The van der Waals surface area contributed by atoms with E-state index in [4.69, 9.17) is 13.7 Å². The largest absolute Gasteiger partial charge is 0.453 e. The van der Waals surface area contributed by atoms with Crippen LogP contribution in [0.5, 0.6) is 0 Å². The van der Waals surface area contributed by atoms with Crippen LogP contribution in [0, 0.1) is 6.92 Å². The normalized spacial score (nSPS) is 24.8. The molecule has 0 N–H and O–H groups in total. The van der Waals surface area contributed by atoms with Gasteiger partial charge >= 0.3 is 5.97 Å². The zero-order valence-electron chi connectivity index (χ0n) is 15.4. The number of carbonyl (C=O) groups excluding carboxylic acids is 1. The standard InChI is InChI=1S/C19H20BFO6S/c1-12-7-9-14(10-8-12)28(23,24)25-11-15-17(16(21)18(20)26-15)27-19(22)13-5-3-2-4-6-13/h2-10,15-18H,11,20H2,1H3. The van der Waals surface area contributed by atoms with Crippen molar-refractivity contribution < 1.29 is 31.3 Å². The second-order valence-electron chi connectivity index (χ2n) is 6.61. The lowest BCUT2D eigenvalue weighted by Gasteiger charge is -2.20. The van der Waals surface area contributed by atoms with Crippen molar-refractivity contribution in [3.05, 3.63) is 65.7 Å². The van der Waals surface area contributed by atoms with Gasteiger partial charge in [0.15, 0.2) is 12.3 Å². The minimum Gasteiger partial charge on any atom is -0.453 e.